The molecular formula is C12H11N3O2S. The van der Waals surface area contributed by atoms with Gasteiger partial charge in [-0.15, -0.1) is 11.3 Å². The molecule has 1 N–H and O–H groups in total. The molecule has 0 unspecified atom stereocenters. The predicted molar refractivity (Wildman–Crippen MR) is 68.5 cm³/mol. The normalized spacial score (nSPS) is 10.0. The van der Waals surface area contributed by atoms with Gasteiger partial charge in [0.25, 0.3) is 0 Å². The highest BCUT2D eigenvalue weighted by Crippen LogP contribution is 2.11. The lowest BCUT2D eigenvalue weighted by Gasteiger charge is -2.01. The minimum atomic E-state index is -0.206. The smallest absolute Gasteiger partial charge is 0.226 e. The first-order valence-electron chi connectivity index (χ1n) is 5.38. The van der Waals surface area contributed by atoms with E-state index in [1.807, 2.05) is 0 Å². The molecule has 5 nitrogen and oxygen atoms in total. The summed E-state index contributed by atoms with van der Waals surface area (Å²) < 4.78 is 0. The van der Waals surface area contributed by atoms with Gasteiger partial charge in [-0.25, -0.2) is 4.98 Å². The van der Waals surface area contributed by atoms with Crippen molar-refractivity contribution in [3.05, 3.63) is 41.7 Å². The number of aromatic nitrogens is 2. The third-order valence-corrected chi connectivity index (χ3v) is 2.93. The number of pyridine rings is 1. The van der Waals surface area contributed by atoms with Crippen LogP contribution in [0.5, 0.6) is 0 Å². The van der Waals surface area contributed by atoms with Crippen molar-refractivity contribution in [3.63, 3.8) is 0 Å². The lowest BCUT2D eigenvalue weighted by molar-refractivity contribution is -0.116. The number of hydrogen-bond acceptors (Lipinski definition) is 5. The molecule has 0 aliphatic carbocycles. The number of rotatable bonds is 5. The molecule has 0 aromatic carbocycles. The molecule has 1 amide bonds. The topological polar surface area (TPSA) is 72.0 Å². The van der Waals surface area contributed by atoms with E-state index in [9.17, 15) is 9.59 Å². The van der Waals surface area contributed by atoms with E-state index in [0.29, 0.717) is 10.7 Å². The molecule has 0 spiro atoms. The Kier molecular flexibility index (Phi) is 4.14. The molecule has 6 heteroatoms. The van der Waals surface area contributed by atoms with Gasteiger partial charge in [0.1, 0.15) is 0 Å². The monoisotopic (exact) mass is 261 g/mol. The van der Waals surface area contributed by atoms with Crippen LogP contribution in [0.2, 0.25) is 0 Å². The second-order valence-corrected chi connectivity index (χ2v) is 4.44. The number of anilines is 1. The van der Waals surface area contributed by atoms with Crippen LogP contribution in [-0.2, 0) is 4.79 Å². The third kappa shape index (κ3) is 3.46. The van der Waals surface area contributed by atoms with E-state index in [4.69, 9.17) is 0 Å². The number of amides is 1. The Balaban J connectivity index is 1.81. The molecule has 0 aliphatic rings. The van der Waals surface area contributed by atoms with Crippen LogP contribution in [0, 0.1) is 0 Å². The van der Waals surface area contributed by atoms with Crippen LogP contribution >= 0.6 is 11.3 Å². The first-order chi connectivity index (χ1) is 8.75. The van der Waals surface area contributed by atoms with E-state index < -0.39 is 0 Å². The van der Waals surface area contributed by atoms with Crippen LogP contribution in [0.15, 0.2) is 36.1 Å². The zero-order chi connectivity index (χ0) is 12.8. The molecule has 0 bridgehead atoms. The summed E-state index contributed by atoms with van der Waals surface area (Å²) >= 11 is 1.34. The fourth-order valence-corrected chi connectivity index (χ4v) is 1.91. The number of ketones is 1. The number of Topliss-reactive ketones (excluding diaryl/α,β-unsaturated/α-hetero) is 1. The van der Waals surface area contributed by atoms with Crippen LogP contribution in [0.4, 0.5) is 5.13 Å². The van der Waals surface area contributed by atoms with E-state index >= 15 is 0 Å². The summed E-state index contributed by atoms with van der Waals surface area (Å²) in [6, 6.07) is 3.39. The fraction of sp³-hybridized carbons (Fsp3) is 0.167. The Morgan fingerprint density at radius 2 is 2.17 bits per heavy atom. The Morgan fingerprint density at radius 1 is 1.28 bits per heavy atom. The number of carbonyl (C=O) groups is 2. The maximum atomic E-state index is 11.7. The summed E-state index contributed by atoms with van der Waals surface area (Å²) in [7, 11) is 0. The van der Waals surface area contributed by atoms with Crippen molar-refractivity contribution < 1.29 is 9.59 Å². The Labute approximate surface area is 108 Å². The van der Waals surface area contributed by atoms with Crippen molar-refractivity contribution in [2.24, 2.45) is 0 Å². The second kappa shape index (κ2) is 6.02. The second-order valence-electron chi connectivity index (χ2n) is 3.55. The first kappa shape index (κ1) is 12.4. The van der Waals surface area contributed by atoms with Crippen molar-refractivity contribution in [2.75, 3.05) is 5.32 Å². The molecule has 0 fully saturated rings. The van der Waals surface area contributed by atoms with E-state index in [-0.39, 0.29) is 24.5 Å². The van der Waals surface area contributed by atoms with Gasteiger partial charge in [0.05, 0.1) is 0 Å². The van der Waals surface area contributed by atoms with Crippen molar-refractivity contribution in [2.45, 2.75) is 12.8 Å². The minimum absolute atomic E-state index is 0.0858. The molecule has 2 aromatic rings. The Bertz CT molecular complexity index is 526. The summed E-state index contributed by atoms with van der Waals surface area (Å²) in [5.74, 6) is -0.292. The number of hydrogen-bond donors (Lipinski definition) is 1. The highest BCUT2D eigenvalue weighted by Gasteiger charge is 2.10. The zero-order valence-electron chi connectivity index (χ0n) is 9.50. The van der Waals surface area contributed by atoms with E-state index in [0.717, 1.165) is 0 Å². The van der Waals surface area contributed by atoms with Gasteiger partial charge in [0, 0.05) is 42.4 Å². The number of thiazole rings is 1. The quantitative estimate of drug-likeness (QED) is 0.837. The summed E-state index contributed by atoms with van der Waals surface area (Å²) in [6.45, 7) is 0. The summed E-state index contributed by atoms with van der Waals surface area (Å²) in [6.07, 6.45) is 5.03. The fourth-order valence-electron chi connectivity index (χ4n) is 1.37. The lowest BCUT2D eigenvalue weighted by atomic mass is 10.1. The van der Waals surface area contributed by atoms with Gasteiger partial charge < -0.3 is 5.32 Å². The molecule has 0 saturated carbocycles. The van der Waals surface area contributed by atoms with Crippen molar-refractivity contribution >= 4 is 28.2 Å². The molecule has 92 valence electrons. The van der Waals surface area contributed by atoms with Crippen LogP contribution in [0.1, 0.15) is 23.2 Å². The summed E-state index contributed by atoms with van der Waals surface area (Å²) in [4.78, 5) is 31.0. The van der Waals surface area contributed by atoms with Gasteiger partial charge >= 0.3 is 0 Å². The van der Waals surface area contributed by atoms with Crippen LogP contribution in [-0.4, -0.2) is 21.7 Å². The molecule has 0 saturated heterocycles. The lowest BCUT2D eigenvalue weighted by Crippen LogP contribution is -2.13. The van der Waals surface area contributed by atoms with E-state index in [1.54, 1.807) is 29.9 Å². The SMILES string of the molecule is O=C(CCC(=O)c1cccnc1)Nc1nccs1. The molecule has 2 heterocycles. The minimum Gasteiger partial charge on any atom is -0.302 e. The van der Waals surface area contributed by atoms with Gasteiger partial charge in [-0.1, -0.05) is 0 Å². The molecule has 2 rings (SSSR count). The summed E-state index contributed by atoms with van der Waals surface area (Å²) in [5.41, 5.74) is 0.527. The van der Waals surface area contributed by atoms with Crippen molar-refractivity contribution in [1.82, 2.24) is 9.97 Å². The third-order valence-electron chi connectivity index (χ3n) is 2.24. The van der Waals surface area contributed by atoms with Crippen molar-refractivity contribution in [3.8, 4) is 0 Å². The molecular weight excluding hydrogens is 250 g/mol. The van der Waals surface area contributed by atoms with Crippen LogP contribution < -0.4 is 5.32 Å². The van der Waals surface area contributed by atoms with Gasteiger partial charge in [-0.05, 0) is 12.1 Å². The molecule has 0 atom stereocenters. The molecule has 0 aliphatic heterocycles. The average molecular weight is 261 g/mol. The van der Waals surface area contributed by atoms with Gasteiger partial charge in [0.2, 0.25) is 5.91 Å². The van der Waals surface area contributed by atoms with Gasteiger partial charge in [-0.2, -0.15) is 0 Å². The summed E-state index contributed by atoms with van der Waals surface area (Å²) in [5, 5.41) is 4.95. The maximum absolute atomic E-state index is 11.7. The molecule has 2 aromatic heterocycles. The van der Waals surface area contributed by atoms with Crippen LogP contribution in [0.25, 0.3) is 0 Å². The zero-order valence-corrected chi connectivity index (χ0v) is 10.3. The highest BCUT2D eigenvalue weighted by atomic mass is 32.1. The largest absolute Gasteiger partial charge is 0.302 e. The highest BCUT2D eigenvalue weighted by molar-refractivity contribution is 7.13. The predicted octanol–water partition coefficient (Wildman–Crippen LogP) is 2.14. The average Bonchev–Trinajstić information content (AvgIpc) is 2.90. The van der Waals surface area contributed by atoms with E-state index in [2.05, 4.69) is 15.3 Å². The van der Waals surface area contributed by atoms with Crippen LogP contribution in [0.3, 0.4) is 0 Å². The Morgan fingerprint density at radius 3 is 2.83 bits per heavy atom. The maximum Gasteiger partial charge on any atom is 0.226 e. The Hall–Kier alpha value is -2.08. The molecule has 18 heavy (non-hydrogen) atoms. The van der Waals surface area contributed by atoms with Gasteiger partial charge in [0.15, 0.2) is 10.9 Å². The standard InChI is InChI=1S/C12H11N3O2S/c16-10(9-2-1-5-13-8-9)3-4-11(17)15-12-14-6-7-18-12/h1-2,5-8H,3-4H2,(H,14,15,17). The first-order valence-corrected chi connectivity index (χ1v) is 6.26. The number of nitrogens with zero attached hydrogens (tertiary/aromatic N) is 2. The van der Waals surface area contributed by atoms with Gasteiger partial charge in [-0.3, -0.25) is 14.6 Å². The van der Waals surface area contributed by atoms with E-state index in [1.165, 1.54) is 17.5 Å². The van der Waals surface area contributed by atoms with Crippen molar-refractivity contribution in [1.29, 1.82) is 0 Å². The molecule has 0 radical (unpaired) electrons. The number of carbonyl (C=O) groups excluding carboxylic acids is 2. The number of nitrogens with one attached hydrogen (secondary N) is 1.